The quantitative estimate of drug-likeness (QED) is 0.220. The van der Waals surface area contributed by atoms with Gasteiger partial charge in [0.05, 0.1) is 10.5 Å². The van der Waals surface area contributed by atoms with Crippen LogP contribution in [-0.4, -0.2) is 36.4 Å². The van der Waals surface area contributed by atoms with Crippen LogP contribution in [0.4, 0.5) is 0 Å². The van der Waals surface area contributed by atoms with Crippen LogP contribution in [-0.2, 0) is 33.1 Å². The van der Waals surface area contributed by atoms with Gasteiger partial charge in [-0.25, -0.2) is 16.8 Å². The number of hydrogen-bond donors (Lipinski definition) is 0. The van der Waals surface area contributed by atoms with Crippen molar-refractivity contribution in [3.05, 3.63) is 107 Å². The molecule has 4 aromatic carbocycles. The van der Waals surface area contributed by atoms with E-state index in [-0.39, 0.29) is 72.0 Å². The summed E-state index contributed by atoms with van der Waals surface area (Å²) in [7, 11) is -8.52. The van der Waals surface area contributed by atoms with E-state index in [1.807, 2.05) is 72.8 Å². The van der Waals surface area contributed by atoms with E-state index in [0.29, 0.717) is 0 Å². The van der Waals surface area contributed by atoms with Crippen LogP contribution >= 0.6 is 0 Å². The molecule has 0 saturated heterocycles. The molecule has 0 saturated carbocycles. The van der Waals surface area contributed by atoms with E-state index < -0.39 is 30.7 Å². The van der Waals surface area contributed by atoms with Gasteiger partial charge in [0.25, 0.3) is 0 Å². The molecule has 0 bridgehead atoms. The van der Waals surface area contributed by atoms with E-state index in [2.05, 4.69) is 0 Å². The largest absolute Gasteiger partial charge is 1.00 e. The summed E-state index contributed by atoms with van der Waals surface area (Å²) >= 11 is 0. The van der Waals surface area contributed by atoms with Crippen molar-refractivity contribution in [1.29, 1.82) is 0 Å². The molecule has 0 fully saturated rings. The average Bonchev–Trinajstić information content (AvgIpc) is 2.84. The van der Waals surface area contributed by atoms with Gasteiger partial charge in [0.2, 0.25) is 0 Å². The summed E-state index contributed by atoms with van der Waals surface area (Å²) in [5.41, 5.74) is 3.82. The van der Waals surface area contributed by atoms with Crippen LogP contribution in [0.25, 0.3) is 33.7 Å². The Balaban J connectivity index is 0.000000200. The standard InChI is InChI=1S/2C14H12O3S.2Na/c2*15-18(16,17)14-6-5-12-7-10-3-1-2-4-11(10)8-13(12)9-14;;/h2*1-8,14H,9H2,(H,15,16,17);;/q;;2*+1/p-2. The minimum atomic E-state index is -4.26. The first kappa shape index (κ1) is 31.2. The molecule has 0 radical (unpaired) electrons. The summed E-state index contributed by atoms with van der Waals surface area (Å²) in [5.74, 6) is 0. The molecule has 2 aliphatic rings. The van der Waals surface area contributed by atoms with Gasteiger partial charge in [-0.05, 0) is 68.8 Å². The molecule has 6 rings (SSSR count). The Morgan fingerprint density at radius 3 is 1.18 bits per heavy atom. The molecule has 4 aromatic rings. The molecular formula is C28H22Na2O6S2. The van der Waals surface area contributed by atoms with E-state index in [4.69, 9.17) is 0 Å². The smallest absolute Gasteiger partial charge is 0.747 e. The van der Waals surface area contributed by atoms with Crippen LogP contribution in [0.2, 0.25) is 0 Å². The third-order valence-electron chi connectivity index (χ3n) is 6.58. The number of hydrogen-bond acceptors (Lipinski definition) is 6. The SMILES string of the molecule is O=S(=O)([O-])C1C=Cc2cc3ccccc3cc2C1.O=S(=O)([O-])C1C=Cc2cc3ccccc3cc2C1.[Na+].[Na+]. The van der Waals surface area contributed by atoms with Gasteiger partial charge in [-0.2, -0.15) is 0 Å². The minimum Gasteiger partial charge on any atom is -0.747 e. The molecule has 0 spiro atoms. The maximum absolute atomic E-state index is 11.1. The fourth-order valence-electron chi connectivity index (χ4n) is 4.66. The van der Waals surface area contributed by atoms with Crippen molar-refractivity contribution in [2.45, 2.75) is 23.3 Å². The minimum absolute atomic E-state index is 0. The van der Waals surface area contributed by atoms with Crippen LogP contribution < -0.4 is 59.1 Å². The van der Waals surface area contributed by atoms with Gasteiger partial charge >= 0.3 is 59.1 Å². The summed E-state index contributed by atoms with van der Waals surface area (Å²) in [6.45, 7) is 0. The van der Waals surface area contributed by atoms with Crippen molar-refractivity contribution in [2.75, 3.05) is 0 Å². The molecule has 2 aliphatic carbocycles. The zero-order valence-electron chi connectivity index (χ0n) is 21.1. The first-order valence-corrected chi connectivity index (χ1v) is 14.3. The van der Waals surface area contributed by atoms with Crippen molar-refractivity contribution in [1.82, 2.24) is 0 Å². The molecule has 0 amide bonds. The van der Waals surface area contributed by atoms with Gasteiger partial charge in [0.1, 0.15) is 20.2 Å². The molecule has 0 heterocycles. The van der Waals surface area contributed by atoms with E-state index in [9.17, 15) is 25.9 Å². The molecule has 0 N–H and O–H groups in total. The monoisotopic (exact) mass is 564 g/mol. The predicted octanol–water partition coefficient (Wildman–Crippen LogP) is -1.35. The number of rotatable bonds is 2. The third kappa shape index (κ3) is 7.06. The van der Waals surface area contributed by atoms with Crippen molar-refractivity contribution >= 4 is 53.9 Å². The zero-order valence-corrected chi connectivity index (χ0v) is 26.7. The van der Waals surface area contributed by atoms with E-state index in [1.165, 1.54) is 12.2 Å². The maximum atomic E-state index is 11.1. The fraction of sp³-hybridized carbons (Fsp3) is 0.143. The van der Waals surface area contributed by atoms with Crippen molar-refractivity contribution < 1.29 is 85.1 Å². The predicted molar refractivity (Wildman–Crippen MR) is 140 cm³/mol. The third-order valence-corrected chi connectivity index (χ3v) is 8.71. The Labute approximate surface area is 266 Å². The van der Waals surface area contributed by atoms with E-state index >= 15 is 0 Å². The number of benzene rings is 4. The molecule has 10 heteroatoms. The Kier molecular flexibility index (Phi) is 10.3. The molecule has 2 atom stereocenters. The second-order valence-corrected chi connectivity index (χ2v) is 12.2. The topological polar surface area (TPSA) is 114 Å². The molecule has 0 aliphatic heterocycles. The Morgan fingerprint density at radius 2 is 0.868 bits per heavy atom. The summed E-state index contributed by atoms with van der Waals surface area (Å²) in [6, 6.07) is 23.8. The maximum Gasteiger partial charge on any atom is 1.00 e. The molecular weight excluding hydrogens is 542 g/mol. The van der Waals surface area contributed by atoms with Gasteiger partial charge < -0.3 is 9.11 Å². The molecule has 38 heavy (non-hydrogen) atoms. The summed E-state index contributed by atoms with van der Waals surface area (Å²) in [6.07, 6.45) is 6.96. The molecule has 0 aromatic heterocycles. The summed E-state index contributed by atoms with van der Waals surface area (Å²) in [4.78, 5) is 0. The van der Waals surface area contributed by atoms with Gasteiger partial charge in [0, 0.05) is 0 Å². The average molecular weight is 565 g/mol. The van der Waals surface area contributed by atoms with Crippen molar-refractivity contribution in [2.24, 2.45) is 0 Å². The normalized spacial score (nSPS) is 17.8. The van der Waals surface area contributed by atoms with Crippen LogP contribution in [0, 0.1) is 0 Å². The Hall–Kier alpha value is -1.30. The number of fused-ring (bicyclic) bond motifs is 4. The Bertz CT molecular complexity index is 1630. The second kappa shape index (κ2) is 12.5. The summed E-state index contributed by atoms with van der Waals surface area (Å²) in [5, 5.41) is 2.48. The van der Waals surface area contributed by atoms with Crippen LogP contribution in [0.5, 0.6) is 0 Å². The van der Waals surface area contributed by atoms with Crippen molar-refractivity contribution in [3.8, 4) is 0 Å². The van der Waals surface area contributed by atoms with Gasteiger partial charge in [-0.15, -0.1) is 0 Å². The van der Waals surface area contributed by atoms with Crippen LogP contribution in [0.15, 0.2) is 84.9 Å². The van der Waals surface area contributed by atoms with Crippen LogP contribution in [0.3, 0.4) is 0 Å². The Morgan fingerprint density at radius 1 is 0.553 bits per heavy atom. The molecule has 2 unspecified atom stereocenters. The van der Waals surface area contributed by atoms with Crippen molar-refractivity contribution in [3.63, 3.8) is 0 Å². The van der Waals surface area contributed by atoms with Crippen LogP contribution in [0.1, 0.15) is 22.3 Å². The molecule has 6 nitrogen and oxygen atoms in total. The van der Waals surface area contributed by atoms with E-state index in [0.717, 1.165) is 43.8 Å². The first-order chi connectivity index (χ1) is 17.1. The van der Waals surface area contributed by atoms with Gasteiger partial charge in [0.15, 0.2) is 0 Å². The molecule has 184 valence electrons. The van der Waals surface area contributed by atoms with Gasteiger partial charge in [-0.3, -0.25) is 0 Å². The summed E-state index contributed by atoms with van der Waals surface area (Å²) < 4.78 is 66.3. The zero-order chi connectivity index (χ0) is 25.5. The second-order valence-electron chi connectivity index (χ2n) is 8.99. The van der Waals surface area contributed by atoms with Gasteiger partial charge in [-0.1, -0.05) is 85.0 Å². The fourth-order valence-corrected chi connectivity index (χ4v) is 5.97. The van der Waals surface area contributed by atoms with E-state index in [1.54, 1.807) is 12.2 Å². The first-order valence-electron chi connectivity index (χ1n) is 11.4.